The number of amides is 1. The lowest BCUT2D eigenvalue weighted by Gasteiger charge is -2.22. The molecule has 0 radical (unpaired) electrons. The highest BCUT2D eigenvalue weighted by Crippen LogP contribution is 2.24. The first kappa shape index (κ1) is 14.1. The molecule has 0 bridgehead atoms. The van der Waals surface area contributed by atoms with E-state index < -0.39 is 0 Å². The van der Waals surface area contributed by atoms with E-state index in [-0.39, 0.29) is 17.9 Å². The van der Waals surface area contributed by atoms with Crippen molar-refractivity contribution in [3.63, 3.8) is 0 Å². The molecule has 2 aromatic rings. The molecule has 1 aromatic heterocycles. The maximum Gasteiger partial charge on any atom is 0.241 e. The van der Waals surface area contributed by atoms with E-state index in [4.69, 9.17) is 4.42 Å². The van der Waals surface area contributed by atoms with E-state index in [9.17, 15) is 4.79 Å². The first-order valence-corrected chi connectivity index (χ1v) is 7.58. The molecule has 1 amide bonds. The number of benzene rings is 1. The maximum atomic E-state index is 12.2. The highest BCUT2D eigenvalue weighted by Gasteiger charge is 2.20. The van der Waals surface area contributed by atoms with E-state index >= 15 is 0 Å². The maximum absolute atomic E-state index is 12.2. The monoisotopic (exact) mass is 287 g/mol. The van der Waals surface area contributed by atoms with E-state index in [1.807, 2.05) is 32.0 Å². The van der Waals surface area contributed by atoms with Crippen LogP contribution in [0.15, 0.2) is 22.6 Å². The largest absolute Gasteiger partial charge is 0.440 e. The zero-order valence-corrected chi connectivity index (χ0v) is 12.5. The molecule has 0 saturated carbocycles. The number of carbonyl (C=O) groups is 1. The molecule has 5 nitrogen and oxygen atoms in total. The molecule has 2 heterocycles. The van der Waals surface area contributed by atoms with Crippen LogP contribution in [0.5, 0.6) is 0 Å². The van der Waals surface area contributed by atoms with Crippen LogP contribution >= 0.6 is 0 Å². The summed E-state index contributed by atoms with van der Waals surface area (Å²) in [6, 6.07) is 5.50. The second kappa shape index (κ2) is 5.85. The Morgan fingerprint density at radius 1 is 1.43 bits per heavy atom. The van der Waals surface area contributed by atoms with Gasteiger partial charge in [0.25, 0.3) is 0 Å². The van der Waals surface area contributed by atoms with Crippen molar-refractivity contribution in [1.29, 1.82) is 0 Å². The predicted molar refractivity (Wildman–Crippen MR) is 82.4 cm³/mol. The van der Waals surface area contributed by atoms with Gasteiger partial charge in [0.05, 0.1) is 6.04 Å². The lowest BCUT2D eigenvalue weighted by atomic mass is 10.0. The SMILES string of the molecule is CC(C)c1nc2cc(NC(=O)[C@@H]3CCCCN3)ccc2o1. The van der Waals surface area contributed by atoms with Gasteiger partial charge in [-0.05, 0) is 37.6 Å². The highest BCUT2D eigenvalue weighted by atomic mass is 16.3. The number of anilines is 1. The smallest absolute Gasteiger partial charge is 0.241 e. The van der Waals surface area contributed by atoms with Gasteiger partial charge in [0.2, 0.25) is 5.91 Å². The van der Waals surface area contributed by atoms with Gasteiger partial charge >= 0.3 is 0 Å². The molecule has 1 fully saturated rings. The van der Waals surface area contributed by atoms with Crippen LogP contribution in [-0.4, -0.2) is 23.5 Å². The summed E-state index contributed by atoms with van der Waals surface area (Å²) < 4.78 is 5.67. The molecule has 5 heteroatoms. The van der Waals surface area contributed by atoms with E-state index in [0.29, 0.717) is 0 Å². The Bertz CT molecular complexity index is 642. The molecule has 1 saturated heterocycles. The third-order valence-corrected chi connectivity index (χ3v) is 3.79. The first-order valence-electron chi connectivity index (χ1n) is 7.58. The van der Waals surface area contributed by atoms with Crippen LogP contribution in [0.2, 0.25) is 0 Å². The number of fused-ring (bicyclic) bond motifs is 1. The van der Waals surface area contributed by atoms with Crippen LogP contribution in [0.1, 0.15) is 44.9 Å². The summed E-state index contributed by atoms with van der Waals surface area (Å²) in [7, 11) is 0. The molecule has 112 valence electrons. The Hall–Kier alpha value is -1.88. The number of carbonyl (C=O) groups excluding carboxylic acids is 1. The molecule has 3 rings (SSSR count). The van der Waals surface area contributed by atoms with Crippen molar-refractivity contribution in [1.82, 2.24) is 10.3 Å². The van der Waals surface area contributed by atoms with E-state index in [1.54, 1.807) is 0 Å². The summed E-state index contributed by atoms with van der Waals surface area (Å²) in [5, 5.41) is 6.21. The van der Waals surface area contributed by atoms with Crippen LogP contribution in [0.25, 0.3) is 11.1 Å². The highest BCUT2D eigenvalue weighted by molar-refractivity contribution is 5.96. The Balaban J connectivity index is 1.75. The zero-order valence-electron chi connectivity index (χ0n) is 12.5. The van der Waals surface area contributed by atoms with Crippen molar-refractivity contribution in [2.24, 2.45) is 0 Å². The summed E-state index contributed by atoms with van der Waals surface area (Å²) in [5.41, 5.74) is 2.31. The quantitative estimate of drug-likeness (QED) is 0.910. The van der Waals surface area contributed by atoms with Crippen molar-refractivity contribution in [3.05, 3.63) is 24.1 Å². The minimum absolute atomic E-state index is 0.0293. The summed E-state index contributed by atoms with van der Waals surface area (Å²) in [6.07, 6.45) is 3.15. The molecule has 1 aliphatic heterocycles. The first-order chi connectivity index (χ1) is 10.1. The zero-order chi connectivity index (χ0) is 14.8. The summed E-state index contributed by atoms with van der Waals surface area (Å²) in [6.45, 7) is 5.00. The predicted octanol–water partition coefficient (Wildman–Crippen LogP) is 3.03. The molecule has 0 spiro atoms. The van der Waals surface area contributed by atoms with Crippen molar-refractivity contribution >= 4 is 22.7 Å². The Labute approximate surface area is 124 Å². The number of piperidine rings is 1. The summed E-state index contributed by atoms with van der Waals surface area (Å²) in [4.78, 5) is 16.7. The topological polar surface area (TPSA) is 67.2 Å². The number of nitrogens with zero attached hydrogens (tertiary/aromatic N) is 1. The molecule has 1 aromatic carbocycles. The minimum atomic E-state index is -0.0852. The fourth-order valence-electron chi connectivity index (χ4n) is 2.57. The lowest BCUT2D eigenvalue weighted by Crippen LogP contribution is -2.43. The van der Waals surface area contributed by atoms with E-state index in [1.165, 1.54) is 0 Å². The normalized spacial score (nSPS) is 19.1. The average molecular weight is 287 g/mol. The second-order valence-corrected chi connectivity index (χ2v) is 5.88. The second-order valence-electron chi connectivity index (χ2n) is 5.88. The van der Waals surface area contributed by atoms with Crippen molar-refractivity contribution in [2.75, 3.05) is 11.9 Å². The van der Waals surface area contributed by atoms with Gasteiger partial charge in [-0.15, -0.1) is 0 Å². The van der Waals surface area contributed by atoms with Crippen molar-refractivity contribution < 1.29 is 9.21 Å². The fourth-order valence-corrected chi connectivity index (χ4v) is 2.57. The standard InChI is InChI=1S/C16H21N3O2/c1-10(2)16-19-13-9-11(6-7-14(13)21-16)18-15(20)12-5-3-4-8-17-12/h6-7,9-10,12,17H,3-5,8H2,1-2H3,(H,18,20)/t12-/m0/s1. The molecular formula is C16H21N3O2. The van der Waals surface area contributed by atoms with E-state index in [0.717, 1.165) is 48.5 Å². The summed E-state index contributed by atoms with van der Waals surface area (Å²) in [5.74, 6) is 1.01. The van der Waals surface area contributed by atoms with Crippen LogP contribution in [0, 0.1) is 0 Å². The van der Waals surface area contributed by atoms with Crippen LogP contribution in [-0.2, 0) is 4.79 Å². The minimum Gasteiger partial charge on any atom is -0.440 e. The fraction of sp³-hybridized carbons (Fsp3) is 0.500. The summed E-state index contributed by atoms with van der Waals surface area (Å²) >= 11 is 0. The lowest BCUT2D eigenvalue weighted by molar-refractivity contribution is -0.118. The molecule has 1 atom stereocenters. The number of hydrogen-bond donors (Lipinski definition) is 2. The van der Waals surface area contributed by atoms with Gasteiger partial charge in [0, 0.05) is 11.6 Å². The number of rotatable bonds is 3. The number of oxazole rings is 1. The molecule has 21 heavy (non-hydrogen) atoms. The van der Waals surface area contributed by atoms with Gasteiger partial charge in [0.15, 0.2) is 11.5 Å². The average Bonchev–Trinajstić information content (AvgIpc) is 2.91. The Kier molecular flexibility index (Phi) is 3.92. The van der Waals surface area contributed by atoms with Crippen LogP contribution in [0.3, 0.4) is 0 Å². The van der Waals surface area contributed by atoms with Gasteiger partial charge in [0.1, 0.15) is 5.52 Å². The van der Waals surface area contributed by atoms with Gasteiger partial charge in [-0.3, -0.25) is 4.79 Å². The molecule has 0 unspecified atom stereocenters. The number of hydrogen-bond acceptors (Lipinski definition) is 4. The Morgan fingerprint density at radius 2 is 2.29 bits per heavy atom. The van der Waals surface area contributed by atoms with Gasteiger partial charge in [-0.25, -0.2) is 4.98 Å². The van der Waals surface area contributed by atoms with Crippen LogP contribution < -0.4 is 10.6 Å². The third-order valence-electron chi connectivity index (χ3n) is 3.79. The van der Waals surface area contributed by atoms with Crippen molar-refractivity contribution in [3.8, 4) is 0 Å². The van der Waals surface area contributed by atoms with Crippen LogP contribution in [0.4, 0.5) is 5.69 Å². The molecular weight excluding hydrogens is 266 g/mol. The van der Waals surface area contributed by atoms with E-state index in [2.05, 4.69) is 15.6 Å². The molecule has 2 N–H and O–H groups in total. The number of nitrogens with one attached hydrogen (secondary N) is 2. The van der Waals surface area contributed by atoms with Gasteiger partial charge < -0.3 is 15.1 Å². The Morgan fingerprint density at radius 3 is 3.00 bits per heavy atom. The van der Waals surface area contributed by atoms with Gasteiger partial charge in [-0.1, -0.05) is 20.3 Å². The molecule has 1 aliphatic rings. The number of aromatic nitrogens is 1. The molecule has 0 aliphatic carbocycles. The van der Waals surface area contributed by atoms with Gasteiger partial charge in [-0.2, -0.15) is 0 Å². The third kappa shape index (κ3) is 3.08. The van der Waals surface area contributed by atoms with Crippen molar-refractivity contribution in [2.45, 2.75) is 45.1 Å².